The van der Waals surface area contributed by atoms with Crippen LogP contribution in [0.1, 0.15) is 31.5 Å². The molecule has 7 heteroatoms. The summed E-state index contributed by atoms with van der Waals surface area (Å²) in [5, 5.41) is 18.3. The SMILES string of the molecule is CCC(CC(N)=NO)NCc1nc(C)no1. The lowest BCUT2D eigenvalue weighted by atomic mass is 10.1. The van der Waals surface area contributed by atoms with Gasteiger partial charge in [-0.2, -0.15) is 4.98 Å². The fourth-order valence-corrected chi connectivity index (χ4v) is 1.30. The third-order valence-electron chi connectivity index (χ3n) is 2.19. The van der Waals surface area contributed by atoms with Crippen LogP contribution in [0.2, 0.25) is 0 Å². The molecule has 90 valence electrons. The fraction of sp³-hybridized carbons (Fsp3) is 0.667. The normalized spacial score (nSPS) is 14.0. The molecule has 0 amide bonds. The number of nitrogens with two attached hydrogens (primary N) is 1. The molecule has 1 atom stereocenters. The third-order valence-corrected chi connectivity index (χ3v) is 2.19. The van der Waals surface area contributed by atoms with Crippen molar-refractivity contribution in [2.45, 2.75) is 39.3 Å². The molecule has 4 N–H and O–H groups in total. The van der Waals surface area contributed by atoms with Crippen molar-refractivity contribution >= 4 is 5.84 Å². The predicted octanol–water partition coefficient (Wildman–Crippen LogP) is 0.383. The van der Waals surface area contributed by atoms with E-state index in [-0.39, 0.29) is 11.9 Å². The van der Waals surface area contributed by atoms with Gasteiger partial charge >= 0.3 is 0 Å². The number of nitrogens with one attached hydrogen (secondary N) is 1. The molecule has 1 aromatic rings. The summed E-state index contributed by atoms with van der Waals surface area (Å²) in [6, 6.07) is 0.128. The lowest BCUT2D eigenvalue weighted by Crippen LogP contribution is -2.32. The average molecular weight is 227 g/mol. The molecule has 0 bridgehead atoms. The maximum absolute atomic E-state index is 8.46. The van der Waals surface area contributed by atoms with Crippen LogP contribution in [0.3, 0.4) is 0 Å². The predicted molar refractivity (Wildman–Crippen MR) is 58.0 cm³/mol. The van der Waals surface area contributed by atoms with Gasteiger partial charge in [0.15, 0.2) is 5.82 Å². The highest BCUT2D eigenvalue weighted by Gasteiger charge is 2.10. The van der Waals surface area contributed by atoms with Gasteiger partial charge < -0.3 is 20.8 Å². The van der Waals surface area contributed by atoms with Gasteiger partial charge in [0.1, 0.15) is 5.84 Å². The molecule has 0 aliphatic rings. The van der Waals surface area contributed by atoms with E-state index in [1.54, 1.807) is 6.92 Å². The minimum Gasteiger partial charge on any atom is -0.409 e. The zero-order valence-corrected chi connectivity index (χ0v) is 9.47. The number of hydrogen-bond donors (Lipinski definition) is 3. The first kappa shape index (κ1) is 12.4. The second-order valence-corrected chi connectivity index (χ2v) is 3.52. The van der Waals surface area contributed by atoms with E-state index < -0.39 is 0 Å². The molecular weight excluding hydrogens is 210 g/mol. The standard InChI is InChI=1S/C9H17N5O2/c1-3-7(4-8(10)13-15)11-5-9-12-6(2)14-16-9/h7,11,15H,3-5H2,1-2H3,(H2,10,13). The topological polar surface area (TPSA) is 110 Å². The fourth-order valence-electron chi connectivity index (χ4n) is 1.30. The van der Waals surface area contributed by atoms with Gasteiger partial charge in [0.2, 0.25) is 5.89 Å². The van der Waals surface area contributed by atoms with Crippen molar-refractivity contribution in [2.24, 2.45) is 10.9 Å². The highest BCUT2D eigenvalue weighted by Crippen LogP contribution is 2.01. The van der Waals surface area contributed by atoms with E-state index in [1.165, 1.54) is 0 Å². The number of aryl methyl sites for hydroxylation is 1. The Kier molecular flexibility index (Phi) is 4.71. The molecular formula is C9H17N5O2. The summed E-state index contributed by atoms with van der Waals surface area (Å²) in [5.41, 5.74) is 5.43. The van der Waals surface area contributed by atoms with Crippen LogP contribution < -0.4 is 11.1 Å². The number of hydrogen-bond acceptors (Lipinski definition) is 6. The second kappa shape index (κ2) is 6.06. The van der Waals surface area contributed by atoms with Gasteiger partial charge in [-0.25, -0.2) is 0 Å². The molecule has 1 unspecified atom stereocenters. The van der Waals surface area contributed by atoms with E-state index in [0.29, 0.717) is 24.7 Å². The number of rotatable bonds is 6. The minimum absolute atomic E-state index is 0.128. The van der Waals surface area contributed by atoms with Gasteiger partial charge in [0.05, 0.1) is 6.54 Å². The zero-order chi connectivity index (χ0) is 12.0. The van der Waals surface area contributed by atoms with Crippen molar-refractivity contribution < 1.29 is 9.73 Å². The summed E-state index contributed by atoms with van der Waals surface area (Å²) in [6.45, 7) is 4.26. The van der Waals surface area contributed by atoms with Gasteiger partial charge in [0.25, 0.3) is 0 Å². The summed E-state index contributed by atoms with van der Waals surface area (Å²) >= 11 is 0. The first-order chi connectivity index (χ1) is 7.65. The maximum atomic E-state index is 8.46. The zero-order valence-electron chi connectivity index (χ0n) is 9.47. The molecule has 16 heavy (non-hydrogen) atoms. The first-order valence-electron chi connectivity index (χ1n) is 5.14. The molecule has 0 aromatic carbocycles. The Bertz CT molecular complexity index is 349. The van der Waals surface area contributed by atoms with Crippen LogP contribution in [0.25, 0.3) is 0 Å². The van der Waals surface area contributed by atoms with E-state index in [2.05, 4.69) is 20.6 Å². The van der Waals surface area contributed by atoms with Crippen molar-refractivity contribution in [1.82, 2.24) is 15.5 Å². The van der Waals surface area contributed by atoms with Crippen LogP contribution in [0.4, 0.5) is 0 Å². The summed E-state index contributed by atoms with van der Waals surface area (Å²) in [6.07, 6.45) is 1.35. The smallest absolute Gasteiger partial charge is 0.240 e. The third kappa shape index (κ3) is 3.85. The van der Waals surface area contributed by atoms with E-state index >= 15 is 0 Å². The van der Waals surface area contributed by atoms with Crippen LogP contribution in [0.15, 0.2) is 9.68 Å². The van der Waals surface area contributed by atoms with Crippen LogP contribution >= 0.6 is 0 Å². The highest BCUT2D eigenvalue weighted by molar-refractivity contribution is 5.80. The Balaban J connectivity index is 2.39. The number of aromatic nitrogens is 2. The molecule has 0 spiro atoms. The Hall–Kier alpha value is -1.63. The van der Waals surface area contributed by atoms with Crippen LogP contribution in [0.5, 0.6) is 0 Å². The molecule has 0 aliphatic carbocycles. The van der Waals surface area contributed by atoms with Crippen LogP contribution in [0, 0.1) is 6.92 Å². The van der Waals surface area contributed by atoms with E-state index in [1.807, 2.05) is 6.92 Å². The molecule has 0 saturated heterocycles. The summed E-state index contributed by atoms with van der Waals surface area (Å²) < 4.78 is 4.96. The summed E-state index contributed by atoms with van der Waals surface area (Å²) in [5.74, 6) is 1.36. The maximum Gasteiger partial charge on any atom is 0.240 e. The van der Waals surface area contributed by atoms with Gasteiger partial charge in [-0.15, -0.1) is 0 Å². The van der Waals surface area contributed by atoms with Gasteiger partial charge in [-0.3, -0.25) is 0 Å². The Labute approximate surface area is 93.7 Å². The molecule has 7 nitrogen and oxygen atoms in total. The van der Waals surface area contributed by atoms with Gasteiger partial charge in [-0.05, 0) is 13.3 Å². The number of oxime groups is 1. The average Bonchev–Trinajstić information content (AvgIpc) is 2.69. The van der Waals surface area contributed by atoms with Crippen molar-refractivity contribution in [3.63, 3.8) is 0 Å². The lowest BCUT2D eigenvalue weighted by Gasteiger charge is -2.14. The van der Waals surface area contributed by atoms with E-state index in [9.17, 15) is 0 Å². The van der Waals surface area contributed by atoms with Crippen molar-refractivity contribution in [1.29, 1.82) is 0 Å². The number of amidine groups is 1. The molecule has 1 heterocycles. The minimum atomic E-state index is 0.128. The Morgan fingerprint density at radius 1 is 1.69 bits per heavy atom. The van der Waals surface area contributed by atoms with Crippen molar-refractivity contribution in [2.75, 3.05) is 0 Å². The van der Waals surface area contributed by atoms with Crippen LogP contribution in [-0.2, 0) is 6.54 Å². The molecule has 0 saturated carbocycles. The highest BCUT2D eigenvalue weighted by atomic mass is 16.5. The van der Waals surface area contributed by atoms with E-state index in [0.717, 1.165) is 6.42 Å². The largest absolute Gasteiger partial charge is 0.409 e. The van der Waals surface area contributed by atoms with Crippen molar-refractivity contribution in [3.05, 3.63) is 11.7 Å². The number of nitrogens with zero attached hydrogens (tertiary/aromatic N) is 3. The molecule has 0 fully saturated rings. The molecule has 0 aliphatic heterocycles. The summed E-state index contributed by atoms with van der Waals surface area (Å²) in [7, 11) is 0. The molecule has 1 aromatic heterocycles. The molecule has 0 radical (unpaired) electrons. The van der Waals surface area contributed by atoms with Crippen molar-refractivity contribution in [3.8, 4) is 0 Å². The second-order valence-electron chi connectivity index (χ2n) is 3.52. The first-order valence-corrected chi connectivity index (χ1v) is 5.14. The quantitative estimate of drug-likeness (QED) is 0.280. The lowest BCUT2D eigenvalue weighted by molar-refractivity contribution is 0.314. The Morgan fingerprint density at radius 3 is 2.94 bits per heavy atom. The van der Waals surface area contributed by atoms with E-state index in [4.69, 9.17) is 15.5 Å². The Morgan fingerprint density at radius 2 is 2.44 bits per heavy atom. The monoisotopic (exact) mass is 227 g/mol. The summed E-state index contributed by atoms with van der Waals surface area (Å²) in [4.78, 5) is 4.07. The molecule has 1 rings (SSSR count). The van der Waals surface area contributed by atoms with Gasteiger partial charge in [-0.1, -0.05) is 17.2 Å². The van der Waals surface area contributed by atoms with Crippen LogP contribution in [-0.4, -0.2) is 27.2 Å². The van der Waals surface area contributed by atoms with Gasteiger partial charge in [0, 0.05) is 12.5 Å².